The molecule has 0 aliphatic carbocycles. The third-order valence-corrected chi connectivity index (χ3v) is 10.6. The molecule has 0 fully saturated rings. The van der Waals surface area contributed by atoms with Crippen LogP contribution in [0.5, 0.6) is 0 Å². The Morgan fingerprint density at radius 2 is 0.833 bits per heavy atom. The minimum atomic E-state index is -1.34. The van der Waals surface area contributed by atoms with E-state index in [9.17, 15) is 39.4 Å². The van der Waals surface area contributed by atoms with Gasteiger partial charge in [-0.1, -0.05) is 43.2 Å². The Morgan fingerprint density at radius 3 is 1.10 bits per heavy atom. The van der Waals surface area contributed by atoms with Gasteiger partial charge in [-0.05, 0) is 72.8 Å². The van der Waals surface area contributed by atoms with Crippen LogP contribution in [0, 0.1) is 20.2 Å². The lowest BCUT2D eigenvalue weighted by molar-refractivity contribution is -0.385. The molecule has 0 bridgehead atoms. The predicted octanol–water partition coefficient (Wildman–Crippen LogP) is 7.76. The van der Waals surface area contributed by atoms with Gasteiger partial charge in [0.25, 0.3) is 11.4 Å². The van der Waals surface area contributed by atoms with Gasteiger partial charge in [-0.3, -0.25) is 20.2 Å². The minimum Gasteiger partial charge on any atom is -0.477 e. The maximum Gasteiger partial charge on any atom is 0.342 e. The first-order valence-electron chi connectivity index (χ1n) is 12.9. The predicted molar refractivity (Wildman–Crippen MR) is 179 cm³/mol. The Labute approximate surface area is 287 Å². The molecule has 0 aromatic heterocycles. The average molecular weight is 731 g/mol. The van der Waals surface area contributed by atoms with Crippen molar-refractivity contribution in [2.45, 2.75) is 19.6 Å². The van der Waals surface area contributed by atoms with Crippen molar-refractivity contribution in [3.63, 3.8) is 0 Å². The maximum atomic E-state index is 11.3. The van der Waals surface area contributed by atoms with Crippen LogP contribution in [-0.4, -0.2) is 58.2 Å². The molecule has 2 N–H and O–H groups in total. The van der Waals surface area contributed by atoms with E-state index in [1.807, 2.05) is 0 Å². The van der Waals surface area contributed by atoms with Crippen LogP contribution in [0.15, 0.2) is 105 Å². The number of carbonyl (C=O) groups is 4. The lowest BCUT2D eigenvalue weighted by Gasteiger charge is -2.04. The molecular weight excluding hydrogens is 709 g/mol. The molecule has 0 unspecified atom stereocenters. The van der Waals surface area contributed by atoms with E-state index >= 15 is 0 Å². The number of hydrogen-bond acceptors (Lipinski definition) is 14. The van der Waals surface area contributed by atoms with E-state index in [2.05, 4.69) is 9.47 Å². The Hall–Kier alpha value is -5.04. The van der Waals surface area contributed by atoms with E-state index in [0.717, 1.165) is 9.79 Å². The standard InChI is InChI=1S/2C15H11NO6S2/c2*1-22-15(19)9-2-4-10(5-3-9)23-24-11-6-7-12(14(17)18)13(8-11)16(20)21/h2*2-8H,1H3,(H,17,18). The van der Waals surface area contributed by atoms with Crippen LogP contribution in [0.3, 0.4) is 0 Å². The van der Waals surface area contributed by atoms with Crippen LogP contribution in [0.2, 0.25) is 0 Å². The van der Waals surface area contributed by atoms with E-state index in [1.54, 1.807) is 48.5 Å². The first-order valence-corrected chi connectivity index (χ1v) is 17.2. The van der Waals surface area contributed by atoms with Crippen molar-refractivity contribution >= 4 is 78.4 Å². The highest BCUT2D eigenvalue weighted by Crippen LogP contribution is 2.40. The number of methoxy groups -OCH3 is 2. The number of benzene rings is 4. The largest absolute Gasteiger partial charge is 0.477 e. The fourth-order valence-electron chi connectivity index (χ4n) is 3.51. The molecular formula is C30H22N2O12S4. The first kappa shape index (κ1) is 37.4. The zero-order chi connectivity index (χ0) is 35.4. The van der Waals surface area contributed by atoms with E-state index < -0.39 is 45.1 Å². The summed E-state index contributed by atoms with van der Waals surface area (Å²) < 4.78 is 9.22. The number of aromatic carboxylic acids is 2. The van der Waals surface area contributed by atoms with Crippen LogP contribution in [-0.2, 0) is 9.47 Å². The minimum absolute atomic E-state index is 0.350. The molecule has 0 saturated heterocycles. The fraction of sp³-hybridized carbons (Fsp3) is 0.0667. The summed E-state index contributed by atoms with van der Waals surface area (Å²) in [6, 6.07) is 21.3. The number of carboxylic acid groups (broad SMARTS) is 2. The van der Waals surface area contributed by atoms with E-state index in [-0.39, 0.29) is 11.1 Å². The highest BCUT2D eigenvalue weighted by molar-refractivity contribution is 8.77. The van der Waals surface area contributed by atoms with Crippen LogP contribution >= 0.6 is 43.2 Å². The number of carboxylic acids is 2. The van der Waals surface area contributed by atoms with E-state index in [0.29, 0.717) is 20.9 Å². The highest BCUT2D eigenvalue weighted by Gasteiger charge is 2.21. The second-order valence-corrected chi connectivity index (χ2v) is 13.4. The van der Waals surface area contributed by atoms with Gasteiger partial charge in [0.1, 0.15) is 11.1 Å². The number of esters is 2. The molecule has 48 heavy (non-hydrogen) atoms. The number of nitrogens with zero attached hydrogens (tertiary/aromatic N) is 2. The van der Waals surface area contributed by atoms with Gasteiger partial charge in [0.15, 0.2) is 0 Å². The summed E-state index contributed by atoms with van der Waals surface area (Å²) in [5.74, 6) is -3.55. The monoisotopic (exact) mass is 730 g/mol. The molecule has 4 aromatic carbocycles. The number of nitro groups is 2. The van der Waals surface area contributed by atoms with Crippen molar-refractivity contribution in [1.82, 2.24) is 0 Å². The molecule has 0 saturated carbocycles. The van der Waals surface area contributed by atoms with Gasteiger partial charge in [0.2, 0.25) is 0 Å². The van der Waals surface area contributed by atoms with Gasteiger partial charge < -0.3 is 19.7 Å². The van der Waals surface area contributed by atoms with Gasteiger partial charge in [-0.2, -0.15) is 0 Å². The summed E-state index contributed by atoms with van der Waals surface area (Å²) >= 11 is 0. The summed E-state index contributed by atoms with van der Waals surface area (Å²) in [5, 5.41) is 39.8. The van der Waals surface area contributed by atoms with Gasteiger partial charge in [-0.25, -0.2) is 19.2 Å². The van der Waals surface area contributed by atoms with E-state index in [4.69, 9.17) is 10.2 Å². The quantitative estimate of drug-likeness (QED) is 0.0616. The van der Waals surface area contributed by atoms with Crippen LogP contribution in [0.4, 0.5) is 11.4 Å². The molecule has 0 aliphatic rings. The normalized spacial score (nSPS) is 10.2. The smallest absolute Gasteiger partial charge is 0.342 e. The topological polar surface area (TPSA) is 213 Å². The lowest BCUT2D eigenvalue weighted by atomic mass is 10.2. The van der Waals surface area contributed by atoms with Gasteiger partial charge in [0.05, 0.1) is 35.2 Å². The number of nitro benzene ring substituents is 2. The summed E-state index contributed by atoms with van der Waals surface area (Å²) in [6.07, 6.45) is 0. The summed E-state index contributed by atoms with van der Waals surface area (Å²) in [4.78, 5) is 67.9. The molecule has 0 spiro atoms. The molecule has 0 amide bonds. The summed E-state index contributed by atoms with van der Waals surface area (Å²) in [5.41, 5.74) is -0.751. The number of ether oxygens (including phenoxy) is 2. The summed E-state index contributed by atoms with van der Waals surface area (Å²) in [7, 11) is 7.76. The van der Waals surface area contributed by atoms with Gasteiger partial charge in [-0.15, -0.1) is 0 Å². The first-order chi connectivity index (χ1) is 22.8. The number of carbonyl (C=O) groups excluding carboxylic acids is 2. The molecule has 0 radical (unpaired) electrons. The lowest BCUT2D eigenvalue weighted by Crippen LogP contribution is -2.02. The number of rotatable bonds is 12. The van der Waals surface area contributed by atoms with Gasteiger partial charge >= 0.3 is 23.9 Å². The van der Waals surface area contributed by atoms with Crippen molar-refractivity contribution in [2.75, 3.05) is 14.2 Å². The molecule has 0 atom stereocenters. The highest BCUT2D eigenvalue weighted by atomic mass is 33.1. The zero-order valence-electron chi connectivity index (χ0n) is 24.6. The third-order valence-electron chi connectivity index (χ3n) is 5.81. The number of hydrogen-bond donors (Lipinski definition) is 2. The van der Waals surface area contributed by atoms with Crippen LogP contribution in [0.25, 0.3) is 0 Å². The molecule has 4 rings (SSSR count). The Kier molecular flexibility index (Phi) is 13.8. The van der Waals surface area contributed by atoms with Crippen molar-refractivity contribution in [3.05, 3.63) is 127 Å². The van der Waals surface area contributed by atoms with Crippen molar-refractivity contribution in [3.8, 4) is 0 Å². The molecule has 14 nitrogen and oxygen atoms in total. The van der Waals surface area contributed by atoms with Gasteiger partial charge in [0, 0.05) is 31.7 Å². The Balaban J connectivity index is 0.000000260. The van der Waals surface area contributed by atoms with Crippen molar-refractivity contribution in [1.29, 1.82) is 0 Å². The summed E-state index contributed by atoms with van der Waals surface area (Å²) in [6.45, 7) is 0. The van der Waals surface area contributed by atoms with Crippen molar-refractivity contribution in [2.24, 2.45) is 0 Å². The second-order valence-electron chi connectivity index (χ2n) is 8.85. The molecule has 4 aromatic rings. The third kappa shape index (κ3) is 10.5. The molecule has 0 aliphatic heterocycles. The fourth-order valence-corrected chi connectivity index (χ4v) is 7.40. The molecule has 248 valence electrons. The SMILES string of the molecule is COC(=O)c1ccc(SSc2ccc(C(=O)O)c([N+](=O)[O-])c2)cc1.COC(=O)c1ccc(SSc2ccc(C(=O)O)c([N+](=O)[O-])c2)cc1. The van der Waals surface area contributed by atoms with Crippen molar-refractivity contribution < 1.29 is 48.7 Å². The maximum absolute atomic E-state index is 11.3. The van der Waals surface area contributed by atoms with Crippen LogP contribution < -0.4 is 0 Å². The zero-order valence-corrected chi connectivity index (χ0v) is 27.9. The Morgan fingerprint density at radius 1 is 0.542 bits per heavy atom. The second kappa shape index (κ2) is 17.8. The molecule has 18 heteroatoms. The Bertz CT molecular complexity index is 1720. The van der Waals surface area contributed by atoms with E-state index in [1.165, 1.54) is 93.8 Å². The average Bonchev–Trinajstić information content (AvgIpc) is 3.09. The molecule has 0 heterocycles. The van der Waals surface area contributed by atoms with Crippen LogP contribution in [0.1, 0.15) is 41.4 Å².